The van der Waals surface area contributed by atoms with E-state index in [1.807, 2.05) is 24.3 Å². The second-order valence-corrected chi connectivity index (χ2v) is 4.55. The average Bonchev–Trinajstić information content (AvgIpc) is 2.40. The van der Waals surface area contributed by atoms with Gasteiger partial charge in [0, 0.05) is 35.5 Å². The maximum atomic E-state index is 13.7. The van der Waals surface area contributed by atoms with Crippen molar-refractivity contribution in [3.05, 3.63) is 64.4 Å². The van der Waals surface area contributed by atoms with Crippen LogP contribution in [-0.2, 0) is 17.9 Å². The number of nitrogens with one attached hydrogen (secondary N) is 1. The monoisotopic (exact) mass is 279 g/mol. The molecule has 0 unspecified atom stereocenters. The molecule has 2 nitrogen and oxygen atoms in total. The minimum absolute atomic E-state index is 0.302. The van der Waals surface area contributed by atoms with Gasteiger partial charge < -0.3 is 10.1 Å². The summed E-state index contributed by atoms with van der Waals surface area (Å²) in [6, 6.07) is 12.4. The largest absolute Gasteiger partial charge is 0.381 e. The zero-order chi connectivity index (χ0) is 13.7. The van der Waals surface area contributed by atoms with Gasteiger partial charge in [0.2, 0.25) is 0 Å². The molecule has 100 valence electrons. The van der Waals surface area contributed by atoms with Gasteiger partial charge in [-0.25, -0.2) is 4.39 Å². The van der Waals surface area contributed by atoms with E-state index in [2.05, 4.69) is 5.32 Å². The first-order chi connectivity index (χ1) is 9.22. The van der Waals surface area contributed by atoms with Crippen molar-refractivity contribution in [1.82, 2.24) is 0 Å². The first-order valence-corrected chi connectivity index (χ1v) is 6.33. The molecule has 0 aromatic heterocycles. The van der Waals surface area contributed by atoms with Crippen LogP contribution in [0.5, 0.6) is 0 Å². The number of methoxy groups -OCH3 is 1. The summed E-state index contributed by atoms with van der Waals surface area (Å²) in [6.45, 7) is 0.848. The summed E-state index contributed by atoms with van der Waals surface area (Å²) in [5.41, 5.74) is 2.41. The van der Waals surface area contributed by atoms with Crippen LogP contribution < -0.4 is 5.32 Å². The fraction of sp³-hybridized carbons (Fsp3) is 0.200. The number of ether oxygens (including phenoxy) is 1. The Morgan fingerprint density at radius 1 is 1.16 bits per heavy atom. The van der Waals surface area contributed by atoms with Gasteiger partial charge in [-0.15, -0.1) is 0 Å². The van der Waals surface area contributed by atoms with Crippen molar-refractivity contribution in [2.24, 2.45) is 0 Å². The molecule has 0 saturated carbocycles. The summed E-state index contributed by atoms with van der Waals surface area (Å²) >= 11 is 5.99. The van der Waals surface area contributed by atoms with Crippen molar-refractivity contribution in [3.8, 4) is 0 Å². The molecule has 0 fully saturated rings. The molecule has 2 aromatic rings. The zero-order valence-electron chi connectivity index (χ0n) is 10.6. The summed E-state index contributed by atoms with van der Waals surface area (Å²) in [5, 5.41) is 3.62. The third kappa shape index (κ3) is 3.46. The number of benzene rings is 2. The lowest BCUT2D eigenvalue weighted by molar-refractivity contribution is 0.185. The Balaban J connectivity index is 2.15. The molecule has 0 aliphatic rings. The molecule has 2 rings (SSSR count). The molecule has 0 spiro atoms. The van der Waals surface area contributed by atoms with E-state index in [1.165, 1.54) is 6.07 Å². The van der Waals surface area contributed by atoms with Crippen LogP contribution in [0.25, 0.3) is 0 Å². The van der Waals surface area contributed by atoms with E-state index < -0.39 is 0 Å². The number of hydrogen-bond donors (Lipinski definition) is 1. The normalized spacial score (nSPS) is 10.5. The van der Waals surface area contributed by atoms with Crippen molar-refractivity contribution < 1.29 is 9.13 Å². The first-order valence-electron chi connectivity index (χ1n) is 5.96. The SMILES string of the molecule is COCc1ccccc1NCc1c(F)cccc1Cl. The average molecular weight is 280 g/mol. The van der Waals surface area contributed by atoms with Gasteiger partial charge >= 0.3 is 0 Å². The molecule has 19 heavy (non-hydrogen) atoms. The number of anilines is 1. The van der Waals surface area contributed by atoms with E-state index in [1.54, 1.807) is 19.2 Å². The number of hydrogen-bond acceptors (Lipinski definition) is 2. The molecule has 0 aliphatic heterocycles. The molecule has 0 amide bonds. The molecular formula is C15H15ClFNO. The lowest BCUT2D eigenvalue weighted by Crippen LogP contribution is -2.05. The topological polar surface area (TPSA) is 21.3 Å². The number of para-hydroxylation sites is 1. The van der Waals surface area contributed by atoms with Crippen LogP contribution >= 0.6 is 11.6 Å². The molecule has 0 radical (unpaired) electrons. The van der Waals surface area contributed by atoms with Crippen LogP contribution in [0.15, 0.2) is 42.5 Å². The number of rotatable bonds is 5. The fourth-order valence-electron chi connectivity index (χ4n) is 1.86. The van der Waals surface area contributed by atoms with Gasteiger partial charge in [0.05, 0.1) is 6.61 Å². The molecule has 0 aliphatic carbocycles. The van der Waals surface area contributed by atoms with Crippen molar-refractivity contribution >= 4 is 17.3 Å². The Morgan fingerprint density at radius 2 is 1.95 bits per heavy atom. The quantitative estimate of drug-likeness (QED) is 0.884. The minimum atomic E-state index is -0.302. The van der Waals surface area contributed by atoms with Crippen molar-refractivity contribution in [1.29, 1.82) is 0 Å². The lowest BCUT2D eigenvalue weighted by atomic mass is 10.1. The van der Waals surface area contributed by atoms with Crippen LogP contribution in [-0.4, -0.2) is 7.11 Å². The second-order valence-electron chi connectivity index (χ2n) is 4.14. The van der Waals surface area contributed by atoms with Gasteiger partial charge in [-0.3, -0.25) is 0 Å². The van der Waals surface area contributed by atoms with E-state index in [0.29, 0.717) is 23.7 Å². The highest BCUT2D eigenvalue weighted by Gasteiger charge is 2.07. The van der Waals surface area contributed by atoms with Gasteiger partial charge in [0.15, 0.2) is 0 Å². The Morgan fingerprint density at radius 3 is 2.68 bits per heavy atom. The van der Waals surface area contributed by atoms with Crippen LogP contribution in [0.1, 0.15) is 11.1 Å². The van der Waals surface area contributed by atoms with Crippen molar-refractivity contribution in [2.45, 2.75) is 13.2 Å². The smallest absolute Gasteiger partial charge is 0.129 e. The molecule has 1 N–H and O–H groups in total. The highest BCUT2D eigenvalue weighted by molar-refractivity contribution is 6.31. The Bertz CT molecular complexity index is 539. The van der Waals surface area contributed by atoms with Gasteiger partial charge in [-0.2, -0.15) is 0 Å². The Kier molecular flexibility index (Phi) is 4.77. The molecule has 0 atom stereocenters. The van der Waals surface area contributed by atoms with Crippen molar-refractivity contribution in [2.75, 3.05) is 12.4 Å². The first kappa shape index (κ1) is 13.8. The highest BCUT2D eigenvalue weighted by atomic mass is 35.5. The third-order valence-corrected chi connectivity index (χ3v) is 3.19. The van der Waals surface area contributed by atoms with Crippen LogP contribution in [0, 0.1) is 5.82 Å². The van der Waals surface area contributed by atoms with E-state index in [9.17, 15) is 4.39 Å². The lowest BCUT2D eigenvalue weighted by Gasteiger charge is -2.12. The van der Waals surface area contributed by atoms with Gasteiger partial charge in [0.1, 0.15) is 5.82 Å². The summed E-state index contributed by atoms with van der Waals surface area (Å²) in [7, 11) is 1.64. The fourth-order valence-corrected chi connectivity index (χ4v) is 2.09. The summed E-state index contributed by atoms with van der Waals surface area (Å²) in [6.07, 6.45) is 0. The van der Waals surface area contributed by atoms with Crippen molar-refractivity contribution in [3.63, 3.8) is 0 Å². The van der Waals surface area contributed by atoms with E-state index in [-0.39, 0.29) is 5.82 Å². The molecule has 0 saturated heterocycles. The van der Waals surface area contributed by atoms with Gasteiger partial charge in [-0.1, -0.05) is 35.9 Å². The standard InChI is InChI=1S/C15H15ClFNO/c1-19-10-11-5-2-3-8-15(11)18-9-12-13(16)6-4-7-14(12)17/h2-8,18H,9-10H2,1H3. The maximum absolute atomic E-state index is 13.7. The van der Waals surface area contributed by atoms with Gasteiger partial charge in [-0.05, 0) is 18.2 Å². The van der Waals surface area contributed by atoms with E-state index >= 15 is 0 Å². The molecule has 0 heterocycles. The number of halogens is 2. The van der Waals surface area contributed by atoms with Crippen LogP contribution in [0.3, 0.4) is 0 Å². The zero-order valence-corrected chi connectivity index (χ0v) is 11.4. The predicted octanol–water partition coefficient (Wildman–Crippen LogP) is 4.24. The summed E-state index contributed by atoms with van der Waals surface area (Å²) in [5.74, 6) is -0.302. The molecule has 2 aromatic carbocycles. The van der Waals surface area contributed by atoms with Crippen LogP contribution in [0.2, 0.25) is 5.02 Å². The van der Waals surface area contributed by atoms with Gasteiger partial charge in [0.25, 0.3) is 0 Å². The van der Waals surface area contributed by atoms with E-state index in [0.717, 1.165) is 11.3 Å². The maximum Gasteiger partial charge on any atom is 0.129 e. The van der Waals surface area contributed by atoms with Crippen LogP contribution in [0.4, 0.5) is 10.1 Å². The predicted molar refractivity (Wildman–Crippen MR) is 75.9 cm³/mol. The molecule has 4 heteroatoms. The second kappa shape index (κ2) is 6.55. The highest BCUT2D eigenvalue weighted by Crippen LogP contribution is 2.22. The molecular weight excluding hydrogens is 265 g/mol. The minimum Gasteiger partial charge on any atom is -0.381 e. The van der Waals surface area contributed by atoms with E-state index in [4.69, 9.17) is 16.3 Å². The molecule has 0 bridgehead atoms. The summed E-state index contributed by atoms with van der Waals surface area (Å²) in [4.78, 5) is 0. The summed E-state index contributed by atoms with van der Waals surface area (Å²) < 4.78 is 18.8. The Labute approximate surface area is 117 Å². The third-order valence-electron chi connectivity index (χ3n) is 2.83. The Hall–Kier alpha value is -1.58.